The topological polar surface area (TPSA) is 42.7 Å². The van der Waals surface area contributed by atoms with Gasteiger partial charge in [-0.15, -0.1) is 10.2 Å². The fraction of sp³-hybridized carbons (Fsp3) is 0.818. The second-order valence-corrected chi connectivity index (χ2v) is 4.65. The number of aryl methyl sites for hydroxylation is 1. The molecule has 0 saturated carbocycles. The van der Waals surface area contributed by atoms with E-state index in [-0.39, 0.29) is 0 Å². The monoisotopic (exact) mass is 208 g/mol. The van der Waals surface area contributed by atoms with E-state index in [1.165, 1.54) is 25.9 Å². The van der Waals surface area contributed by atoms with Gasteiger partial charge in [-0.1, -0.05) is 0 Å². The minimum Gasteiger partial charge on any atom is -0.316 e. The van der Waals surface area contributed by atoms with Crippen LogP contribution in [0.2, 0.25) is 0 Å². The van der Waals surface area contributed by atoms with Gasteiger partial charge in [0.25, 0.3) is 0 Å². The van der Waals surface area contributed by atoms with E-state index in [2.05, 4.69) is 33.9 Å². The van der Waals surface area contributed by atoms with E-state index < -0.39 is 0 Å². The van der Waals surface area contributed by atoms with Crippen LogP contribution in [0.3, 0.4) is 0 Å². The summed E-state index contributed by atoms with van der Waals surface area (Å²) in [6, 6.07) is 0.469. The third-order valence-corrected chi connectivity index (χ3v) is 3.14. The molecular formula is C11H20N4. The Morgan fingerprint density at radius 3 is 3.13 bits per heavy atom. The second-order valence-electron chi connectivity index (χ2n) is 4.65. The standard InChI is InChI=1S/C11H20N4/c1-9(2)15-8-13-14-11(15)4-3-10-5-6-12-7-10/h8-10,12H,3-7H2,1-2H3. The minimum atomic E-state index is 0.469. The van der Waals surface area contributed by atoms with Gasteiger partial charge in [-0.05, 0) is 45.7 Å². The molecule has 0 aromatic carbocycles. The van der Waals surface area contributed by atoms with Crippen LogP contribution >= 0.6 is 0 Å². The van der Waals surface area contributed by atoms with Crippen molar-refractivity contribution in [2.45, 2.75) is 39.2 Å². The molecule has 1 aromatic rings. The molecule has 1 aliphatic rings. The first kappa shape index (κ1) is 10.6. The highest BCUT2D eigenvalue weighted by Crippen LogP contribution is 2.16. The third-order valence-electron chi connectivity index (χ3n) is 3.14. The van der Waals surface area contributed by atoms with Gasteiger partial charge in [-0.25, -0.2) is 0 Å². The first-order valence-electron chi connectivity index (χ1n) is 5.86. The number of nitrogens with zero attached hydrogens (tertiary/aromatic N) is 3. The summed E-state index contributed by atoms with van der Waals surface area (Å²) in [7, 11) is 0. The maximum Gasteiger partial charge on any atom is 0.133 e. The van der Waals surface area contributed by atoms with Gasteiger partial charge < -0.3 is 9.88 Å². The van der Waals surface area contributed by atoms with Gasteiger partial charge in [-0.2, -0.15) is 0 Å². The van der Waals surface area contributed by atoms with Crippen LogP contribution in [-0.4, -0.2) is 27.9 Å². The van der Waals surface area contributed by atoms with Crippen molar-refractivity contribution < 1.29 is 0 Å². The maximum absolute atomic E-state index is 4.19. The summed E-state index contributed by atoms with van der Waals surface area (Å²) < 4.78 is 2.17. The summed E-state index contributed by atoms with van der Waals surface area (Å²) in [6.45, 7) is 6.70. The average Bonchev–Trinajstić information content (AvgIpc) is 2.86. The van der Waals surface area contributed by atoms with Gasteiger partial charge in [0.05, 0.1) is 0 Å². The summed E-state index contributed by atoms with van der Waals surface area (Å²) in [5.74, 6) is 1.97. The van der Waals surface area contributed by atoms with Gasteiger partial charge in [0, 0.05) is 12.5 Å². The molecule has 2 heterocycles. The zero-order valence-corrected chi connectivity index (χ0v) is 9.61. The van der Waals surface area contributed by atoms with Crippen LogP contribution in [0.15, 0.2) is 6.33 Å². The molecule has 15 heavy (non-hydrogen) atoms. The predicted octanol–water partition coefficient (Wildman–Crippen LogP) is 1.40. The molecule has 4 nitrogen and oxygen atoms in total. The Morgan fingerprint density at radius 2 is 2.47 bits per heavy atom. The molecule has 1 N–H and O–H groups in total. The number of hydrogen-bond acceptors (Lipinski definition) is 3. The van der Waals surface area contributed by atoms with Crippen molar-refractivity contribution in [3.05, 3.63) is 12.2 Å². The van der Waals surface area contributed by atoms with Crippen LogP contribution in [0.1, 0.15) is 38.6 Å². The highest BCUT2D eigenvalue weighted by molar-refractivity contribution is 4.89. The summed E-state index contributed by atoms with van der Waals surface area (Å²) in [4.78, 5) is 0. The summed E-state index contributed by atoms with van der Waals surface area (Å²) >= 11 is 0. The lowest BCUT2D eigenvalue weighted by Crippen LogP contribution is -2.11. The van der Waals surface area contributed by atoms with E-state index in [1.807, 2.05) is 6.33 Å². The Bertz CT molecular complexity index is 299. The molecule has 1 aliphatic heterocycles. The van der Waals surface area contributed by atoms with Crippen molar-refractivity contribution in [1.29, 1.82) is 0 Å². The fourth-order valence-electron chi connectivity index (χ4n) is 2.17. The number of nitrogens with one attached hydrogen (secondary N) is 1. The molecule has 1 fully saturated rings. The largest absolute Gasteiger partial charge is 0.316 e. The number of hydrogen-bond donors (Lipinski definition) is 1. The average molecular weight is 208 g/mol. The molecule has 1 unspecified atom stereocenters. The Labute approximate surface area is 91.1 Å². The number of aromatic nitrogens is 3. The van der Waals surface area contributed by atoms with Crippen LogP contribution in [-0.2, 0) is 6.42 Å². The Morgan fingerprint density at radius 1 is 1.60 bits per heavy atom. The molecule has 0 radical (unpaired) electrons. The highest BCUT2D eigenvalue weighted by atomic mass is 15.3. The SMILES string of the molecule is CC(C)n1cnnc1CCC1CCNC1. The van der Waals surface area contributed by atoms with Crippen LogP contribution in [0, 0.1) is 5.92 Å². The first-order chi connectivity index (χ1) is 7.27. The fourth-order valence-corrected chi connectivity index (χ4v) is 2.17. The van der Waals surface area contributed by atoms with E-state index >= 15 is 0 Å². The van der Waals surface area contributed by atoms with E-state index in [1.54, 1.807) is 0 Å². The normalized spacial score (nSPS) is 21.4. The Hall–Kier alpha value is -0.900. The Balaban J connectivity index is 1.89. The van der Waals surface area contributed by atoms with Gasteiger partial charge >= 0.3 is 0 Å². The van der Waals surface area contributed by atoms with Crippen LogP contribution in [0.4, 0.5) is 0 Å². The lowest BCUT2D eigenvalue weighted by Gasteiger charge is -2.11. The van der Waals surface area contributed by atoms with E-state index in [0.29, 0.717) is 6.04 Å². The van der Waals surface area contributed by atoms with E-state index in [0.717, 1.165) is 18.2 Å². The lowest BCUT2D eigenvalue weighted by molar-refractivity contribution is 0.498. The lowest BCUT2D eigenvalue weighted by atomic mass is 10.0. The smallest absolute Gasteiger partial charge is 0.133 e. The van der Waals surface area contributed by atoms with Crippen LogP contribution < -0.4 is 5.32 Å². The summed E-state index contributed by atoms with van der Waals surface area (Å²) in [5.41, 5.74) is 0. The van der Waals surface area contributed by atoms with E-state index in [4.69, 9.17) is 0 Å². The van der Waals surface area contributed by atoms with Crippen LogP contribution in [0.25, 0.3) is 0 Å². The molecule has 0 bridgehead atoms. The van der Waals surface area contributed by atoms with E-state index in [9.17, 15) is 0 Å². The van der Waals surface area contributed by atoms with Crippen molar-refractivity contribution >= 4 is 0 Å². The zero-order chi connectivity index (χ0) is 10.7. The molecule has 2 rings (SSSR count). The number of rotatable bonds is 4. The first-order valence-corrected chi connectivity index (χ1v) is 5.86. The Kier molecular flexibility index (Phi) is 3.36. The maximum atomic E-state index is 4.19. The molecule has 0 amide bonds. The molecule has 1 aromatic heterocycles. The molecule has 0 spiro atoms. The molecule has 0 aliphatic carbocycles. The zero-order valence-electron chi connectivity index (χ0n) is 9.61. The molecular weight excluding hydrogens is 188 g/mol. The molecule has 4 heteroatoms. The quantitative estimate of drug-likeness (QED) is 0.813. The second kappa shape index (κ2) is 4.75. The highest BCUT2D eigenvalue weighted by Gasteiger charge is 2.16. The van der Waals surface area contributed by atoms with Gasteiger partial charge in [0.1, 0.15) is 12.2 Å². The minimum absolute atomic E-state index is 0.469. The van der Waals surface area contributed by atoms with Crippen molar-refractivity contribution in [3.8, 4) is 0 Å². The molecule has 84 valence electrons. The third kappa shape index (κ3) is 2.56. The summed E-state index contributed by atoms with van der Waals surface area (Å²) in [5, 5.41) is 11.6. The van der Waals surface area contributed by atoms with Crippen molar-refractivity contribution in [1.82, 2.24) is 20.1 Å². The van der Waals surface area contributed by atoms with Crippen molar-refractivity contribution in [2.24, 2.45) is 5.92 Å². The van der Waals surface area contributed by atoms with Crippen LogP contribution in [0.5, 0.6) is 0 Å². The van der Waals surface area contributed by atoms with Gasteiger partial charge in [0.15, 0.2) is 0 Å². The van der Waals surface area contributed by atoms with Crippen molar-refractivity contribution in [2.75, 3.05) is 13.1 Å². The van der Waals surface area contributed by atoms with Gasteiger partial charge in [-0.3, -0.25) is 0 Å². The molecule has 1 saturated heterocycles. The van der Waals surface area contributed by atoms with Crippen molar-refractivity contribution in [3.63, 3.8) is 0 Å². The molecule has 1 atom stereocenters. The predicted molar refractivity (Wildman–Crippen MR) is 59.7 cm³/mol. The summed E-state index contributed by atoms with van der Waals surface area (Å²) in [6.07, 6.45) is 5.45. The van der Waals surface area contributed by atoms with Gasteiger partial charge in [0.2, 0.25) is 0 Å².